The van der Waals surface area contributed by atoms with Crippen molar-refractivity contribution < 1.29 is 4.79 Å². The normalized spacial score (nSPS) is 10.4. The lowest BCUT2D eigenvalue weighted by Crippen LogP contribution is -2.28. The van der Waals surface area contributed by atoms with Gasteiger partial charge in [-0.15, -0.1) is 0 Å². The SMILES string of the molecule is CC(C)CNC(=O)CCNc1ccccc1Cl. The van der Waals surface area contributed by atoms with Gasteiger partial charge in [0.2, 0.25) is 5.91 Å². The smallest absolute Gasteiger partial charge is 0.221 e. The van der Waals surface area contributed by atoms with Crippen molar-refractivity contribution >= 4 is 23.2 Å². The maximum Gasteiger partial charge on any atom is 0.221 e. The van der Waals surface area contributed by atoms with Crippen LogP contribution >= 0.6 is 11.6 Å². The second kappa shape index (κ2) is 7.17. The van der Waals surface area contributed by atoms with Crippen LogP contribution in [0.5, 0.6) is 0 Å². The van der Waals surface area contributed by atoms with E-state index in [9.17, 15) is 4.79 Å². The molecule has 1 aromatic rings. The summed E-state index contributed by atoms with van der Waals surface area (Å²) in [6, 6.07) is 7.51. The first-order chi connectivity index (χ1) is 8.09. The van der Waals surface area contributed by atoms with Crippen molar-refractivity contribution in [2.45, 2.75) is 20.3 Å². The van der Waals surface area contributed by atoms with E-state index < -0.39 is 0 Å². The largest absolute Gasteiger partial charge is 0.383 e. The summed E-state index contributed by atoms with van der Waals surface area (Å²) in [6.45, 7) is 5.46. The van der Waals surface area contributed by atoms with Gasteiger partial charge in [0.25, 0.3) is 0 Å². The Balaban J connectivity index is 2.24. The molecule has 3 nitrogen and oxygen atoms in total. The van der Waals surface area contributed by atoms with E-state index in [0.717, 1.165) is 12.2 Å². The highest BCUT2D eigenvalue weighted by Gasteiger charge is 2.03. The average molecular weight is 255 g/mol. The highest BCUT2D eigenvalue weighted by Crippen LogP contribution is 2.19. The maximum absolute atomic E-state index is 11.4. The predicted octanol–water partition coefficient (Wildman–Crippen LogP) is 2.91. The molecule has 2 N–H and O–H groups in total. The van der Waals surface area contributed by atoms with E-state index in [1.807, 2.05) is 24.3 Å². The van der Waals surface area contributed by atoms with Crippen LogP contribution in [0.2, 0.25) is 5.02 Å². The Kier molecular flexibility index (Phi) is 5.84. The van der Waals surface area contributed by atoms with Crippen LogP contribution in [0.3, 0.4) is 0 Å². The second-order valence-electron chi connectivity index (χ2n) is 4.35. The third-order valence-electron chi connectivity index (χ3n) is 2.25. The average Bonchev–Trinajstić information content (AvgIpc) is 2.29. The number of hydrogen-bond acceptors (Lipinski definition) is 2. The number of benzene rings is 1. The van der Waals surface area contributed by atoms with Gasteiger partial charge in [0.1, 0.15) is 0 Å². The molecule has 1 rings (SSSR count). The first kappa shape index (κ1) is 13.8. The molecule has 0 aliphatic heterocycles. The summed E-state index contributed by atoms with van der Waals surface area (Å²) >= 11 is 5.98. The van der Waals surface area contributed by atoms with Crippen molar-refractivity contribution in [1.29, 1.82) is 0 Å². The molecule has 1 aromatic carbocycles. The Morgan fingerprint density at radius 1 is 1.35 bits per heavy atom. The zero-order valence-corrected chi connectivity index (χ0v) is 11.1. The Bertz CT molecular complexity index is 366. The summed E-state index contributed by atoms with van der Waals surface area (Å²) in [7, 11) is 0. The van der Waals surface area contributed by atoms with Gasteiger partial charge in [0.05, 0.1) is 10.7 Å². The Morgan fingerprint density at radius 2 is 2.06 bits per heavy atom. The zero-order valence-electron chi connectivity index (χ0n) is 10.3. The maximum atomic E-state index is 11.4. The van der Waals surface area contributed by atoms with Crippen molar-refractivity contribution in [2.75, 3.05) is 18.4 Å². The van der Waals surface area contributed by atoms with E-state index in [2.05, 4.69) is 24.5 Å². The number of anilines is 1. The summed E-state index contributed by atoms with van der Waals surface area (Å²) in [5.74, 6) is 0.550. The summed E-state index contributed by atoms with van der Waals surface area (Å²) in [4.78, 5) is 11.4. The minimum Gasteiger partial charge on any atom is -0.383 e. The molecule has 0 spiro atoms. The molecular formula is C13H19ClN2O. The molecule has 0 bridgehead atoms. The molecule has 4 heteroatoms. The number of para-hydroxylation sites is 1. The minimum absolute atomic E-state index is 0.0678. The summed E-state index contributed by atoms with van der Waals surface area (Å²) in [5.41, 5.74) is 0.867. The fourth-order valence-electron chi connectivity index (χ4n) is 1.32. The van der Waals surface area contributed by atoms with Gasteiger partial charge in [-0.05, 0) is 18.1 Å². The molecule has 1 amide bonds. The Morgan fingerprint density at radius 3 is 2.71 bits per heavy atom. The van der Waals surface area contributed by atoms with E-state index in [0.29, 0.717) is 23.9 Å². The van der Waals surface area contributed by atoms with Gasteiger partial charge < -0.3 is 10.6 Å². The van der Waals surface area contributed by atoms with Crippen molar-refractivity contribution in [3.05, 3.63) is 29.3 Å². The van der Waals surface area contributed by atoms with Gasteiger partial charge in [-0.2, -0.15) is 0 Å². The van der Waals surface area contributed by atoms with Crippen LogP contribution in [0.25, 0.3) is 0 Å². The standard InChI is InChI=1S/C13H19ClN2O/c1-10(2)9-16-13(17)7-8-15-12-6-4-3-5-11(12)14/h3-6,10,15H,7-9H2,1-2H3,(H,16,17). The lowest BCUT2D eigenvalue weighted by atomic mass is 10.2. The van der Waals surface area contributed by atoms with Gasteiger partial charge in [0, 0.05) is 19.5 Å². The van der Waals surface area contributed by atoms with Crippen LogP contribution in [0.4, 0.5) is 5.69 Å². The number of nitrogens with one attached hydrogen (secondary N) is 2. The molecular weight excluding hydrogens is 236 g/mol. The van der Waals surface area contributed by atoms with Gasteiger partial charge in [-0.1, -0.05) is 37.6 Å². The number of carbonyl (C=O) groups is 1. The van der Waals surface area contributed by atoms with Crippen LogP contribution in [-0.4, -0.2) is 19.0 Å². The first-order valence-electron chi connectivity index (χ1n) is 5.84. The molecule has 0 saturated heterocycles. The lowest BCUT2D eigenvalue weighted by Gasteiger charge is -2.09. The fourth-order valence-corrected chi connectivity index (χ4v) is 1.52. The third-order valence-corrected chi connectivity index (χ3v) is 2.58. The Hall–Kier alpha value is -1.22. The fraction of sp³-hybridized carbons (Fsp3) is 0.462. The molecule has 94 valence electrons. The molecule has 0 radical (unpaired) electrons. The quantitative estimate of drug-likeness (QED) is 0.820. The monoisotopic (exact) mass is 254 g/mol. The van der Waals surface area contributed by atoms with Crippen molar-refractivity contribution in [2.24, 2.45) is 5.92 Å². The van der Waals surface area contributed by atoms with Crippen LogP contribution in [0.15, 0.2) is 24.3 Å². The van der Waals surface area contributed by atoms with E-state index in [-0.39, 0.29) is 5.91 Å². The number of halogens is 1. The van der Waals surface area contributed by atoms with Crippen LogP contribution < -0.4 is 10.6 Å². The summed E-state index contributed by atoms with van der Waals surface area (Å²) < 4.78 is 0. The lowest BCUT2D eigenvalue weighted by molar-refractivity contribution is -0.120. The zero-order chi connectivity index (χ0) is 12.7. The van der Waals surface area contributed by atoms with Gasteiger partial charge in [-0.25, -0.2) is 0 Å². The predicted molar refractivity (Wildman–Crippen MR) is 72.4 cm³/mol. The molecule has 0 atom stereocenters. The topological polar surface area (TPSA) is 41.1 Å². The van der Waals surface area contributed by atoms with Crippen LogP contribution in [0, 0.1) is 5.92 Å². The van der Waals surface area contributed by atoms with Gasteiger partial charge in [-0.3, -0.25) is 4.79 Å². The van der Waals surface area contributed by atoms with Crippen molar-refractivity contribution in [3.63, 3.8) is 0 Å². The molecule has 0 saturated carbocycles. The van der Waals surface area contributed by atoms with E-state index in [4.69, 9.17) is 11.6 Å². The highest BCUT2D eigenvalue weighted by atomic mass is 35.5. The number of carbonyl (C=O) groups excluding carboxylic acids is 1. The summed E-state index contributed by atoms with van der Waals surface area (Å²) in [5, 5.41) is 6.69. The van der Waals surface area contributed by atoms with Crippen LogP contribution in [-0.2, 0) is 4.79 Å². The van der Waals surface area contributed by atoms with Crippen molar-refractivity contribution in [3.8, 4) is 0 Å². The second-order valence-corrected chi connectivity index (χ2v) is 4.76. The Labute approximate surface area is 108 Å². The van der Waals surface area contributed by atoms with E-state index >= 15 is 0 Å². The minimum atomic E-state index is 0.0678. The molecule has 0 fully saturated rings. The van der Waals surface area contributed by atoms with Gasteiger partial charge in [0.15, 0.2) is 0 Å². The number of rotatable bonds is 6. The van der Waals surface area contributed by atoms with Crippen molar-refractivity contribution in [1.82, 2.24) is 5.32 Å². The molecule has 0 unspecified atom stereocenters. The summed E-state index contributed by atoms with van der Waals surface area (Å²) in [6.07, 6.45) is 0.456. The number of hydrogen-bond donors (Lipinski definition) is 2. The van der Waals surface area contributed by atoms with Gasteiger partial charge >= 0.3 is 0 Å². The molecule has 0 heterocycles. The molecule has 0 aromatic heterocycles. The highest BCUT2D eigenvalue weighted by molar-refractivity contribution is 6.33. The van der Waals surface area contributed by atoms with E-state index in [1.165, 1.54) is 0 Å². The molecule has 17 heavy (non-hydrogen) atoms. The first-order valence-corrected chi connectivity index (χ1v) is 6.22. The third kappa shape index (κ3) is 5.59. The van der Waals surface area contributed by atoms with E-state index in [1.54, 1.807) is 0 Å². The molecule has 0 aliphatic carbocycles. The van der Waals surface area contributed by atoms with Crippen LogP contribution in [0.1, 0.15) is 20.3 Å². The number of amides is 1. The molecule has 0 aliphatic rings.